The Labute approximate surface area is 214 Å². The fourth-order valence-electron chi connectivity index (χ4n) is 3.37. The van der Waals surface area contributed by atoms with E-state index in [1.165, 1.54) is 37.5 Å². The average molecular weight is 525 g/mol. The van der Waals surface area contributed by atoms with Crippen molar-refractivity contribution >= 4 is 52.2 Å². The summed E-state index contributed by atoms with van der Waals surface area (Å²) in [5.74, 6) is -0.960. The third kappa shape index (κ3) is 5.56. The number of nitrogens with zero attached hydrogens (tertiary/aromatic N) is 2. The molecule has 0 bridgehead atoms. The summed E-state index contributed by atoms with van der Waals surface area (Å²) in [5.41, 5.74) is 1.03. The number of esters is 1. The van der Waals surface area contributed by atoms with E-state index >= 15 is 0 Å². The molecule has 1 aliphatic rings. The van der Waals surface area contributed by atoms with E-state index < -0.39 is 22.0 Å². The minimum absolute atomic E-state index is 0.00343. The molecular formula is C25H17ClN2O7S. The maximum Gasteiger partial charge on any atom is 0.343 e. The molecule has 0 unspecified atom stereocenters. The van der Waals surface area contributed by atoms with Gasteiger partial charge in [0.2, 0.25) is 0 Å². The molecule has 182 valence electrons. The van der Waals surface area contributed by atoms with Gasteiger partial charge in [0.1, 0.15) is 0 Å². The van der Waals surface area contributed by atoms with Gasteiger partial charge in [0.05, 0.1) is 29.0 Å². The maximum absolute atomic E-state index is 12.8. The van der Waals surface area contributed by atoms with Crippen molar-refractivity contribution in [3.05, 3.63) is 103 Å². The van der Waals surface area contributed by atoms with Crippen molar-refractivity contribution in [3.63, 3.8) is 0 Å². The third-order valence-corrected chi connectivity index (χ3v) is 6.23. The van der Waals surface area contributed by atoms with E-state index in [9.17, 15) is 24.5 Å². The number of methoxy groups -OCH3 is 1. The van der Waals surface area contributed by atoms with E-state index in [2.05, 4.69) is 0 Å². The molecule has 0 spiro atoms. The lowest BCUT2D eigenvalue weighted by molar-refractivity contribution is -0.384. The van der Waals surface area contributed by atoms with Crippen LogP contribution in [-0.2, 0) is 11.3 Å². The molecule has 1 fully saturated rings. The summed E-state index contributed by atoms with van der Waals surface area (Å²) in [6.45, 7) is 0.0957. The number of rotatable bonds is 7. The van der Waals surface area contributed by atoms with Crippen LogP contribution in [0, 0.1) is 10.1 Å². The standard InChI is InChI=1S/C25H17ClN2O7S/c1-34-21-11-15(8-9-20(21)35-24(30)17-5-3-7-19(13-17)28(32)33)12-22-23(29)27(25(31)36-22)14-16-4-2-6-18(26)10-16/h2-13H,14H2,1H3/b22-12-. The van der Waals surface area contributed by atoms with Gasteiger partial charge in [-0.25, -0.2) is 4.79 Å². The third-order valence-electron chi connectivity index (χ3n) is 5.08. The highest BCUT2D eigenvalue weighted by Crippen LogP contribution is 2.35. The highest BCUT2D eigenvalue weighted by molar-refractivity contribution is 8.18. The van der Waals surface area contributed by atoms with Gasteiger partial charge < -0.3 is 9.47 Å². The van der Waals surface area contributed by atoms with Crippen LogP contribution in [0.25, 0.3) is 6.08 Å². The van der Waals surface area contributed by atoms with Crippen LogP contribution in [0.2, 0.25) is 5.02 Å². The predicted octanol–water partition coefficient (Wildman–Crippen LogP) is 5.71. The number of hydrogen-bond donors (Lipinski definition) is 0. The summed E-state index contributed by atoms with van der Waals surface area (Å²) < 4.78 is 10.7. The number of hydrogen-bond acceptors (Lipinski definition) is 8. The van der Waals surface area contributed by atoms with Crippen LogP contribution in [0.4, 0.5) is 10.5 Å². The number of nitro benzene ring substituents is 1. The van der Waals surface area contributed by atoms with Gasteiger partial charge in [-0.2, -0.15) is 0 Å². The van der Waals surface area contributed by atoms with Crippen molar-refractivity contribution in [2.24, 2.45) is 0 Å². The molecule has 0 aliphatic carbocycles. The Morgan fingerprint density at radius 2 is 1.86 bits per heavy atom. The number of amides is 2. The molecule has 1 aliphatic heterocycles. The number of carbonyl (C=O) groups is 3. The van der Waals surface area contributed by atoms with E-state index in [-0.39, 0.29) is 34.2 Å². The van der Waals surface area contributed by atoms with Crippen LogP contribution in [0.1, 0.15) is 21.5 Å². The van der Waals surface area contributed by atoms with Gasteiger partial charge in [0, 0.05) is 17.2 Å². The molecule has 4 rings (SSSR count). The summed E-state index contributed by atoms with van der Waals surface area (Å²) in [6, 6.07) is 16.7. The van der Waals surface area contributed by atoms with E-state index in [1.807, 2.05) is 0 Å². The van der Waals surface area contributed by atoms with Gasteiger partial charge in [0.15, 0.2) is 11.5 Å². The van der Waals surface area contributed by atoms with Crippen LogP contribution in [0.3, 0.4) is 0 Å². The van der Waals surface area contributed by atoms with Crippen LogP contribution in [-0.4, -0.2) is 34.0 Å². The van der Waals surface area contributed by atoms with Crippen LogP contribution in [0.15, 0.2) is 71.6 Å². The fraction of sp³-hybridized carbons (Fsp3) is 0.0800. The molecule has 0 aromatic heterocycles. The molecule has 0 radical (unpaired) electrons. The molecule has 0 N–H and O–H groups in total. The Kier molecular flexibility index (Phi) is 7.37. The first-order valence-corrected chi connectivity index (χ1v) is 11.6. The smallest absolute Gasteiger partial charge is 0.343 e. The lowest BCUT2D eigenvalue weighted by Gasteiger charge is -2.12. The Morgan fingerprint density at radius 3 is 2.58 bits per heavy atom. The number of nitro groups is 1. The average Bonchev–Trinajstić information content (AvgIpc) is 3.12. The number of imide groups is 1. The first-order valence-electron chi connectivity index (χ1n) is 10.4. The number of ether oxygens (including phenoxy) is 2. The molecule has 3 aromatic rings. The second-order valence-corrected chi connectivity index (χ2v) is 8.93. The molecule has 3 aromatic carbocycles. The molecule has 0 saturated carbocycles. The molecule has 36 heavy (non-hydrogen) atoms. The minimum Gasteiger partial charge on any atom is -0.493 e. The highest BCUT2D eigenvalue weighted by atomic mass is 35.5. The second kappa shape index (κ2) is 10.6. The lowest BCUT2D eigenvalue weighted by Crippen LogP contribution is -2.27. The van der Waals surface area contributed by atoms with Gasteiger partial charge in [-0.1, -0.05) is 35.9 Å². The van der Waals surface area contributed by atoms with Gasteiger partial charge in [-0.05, 0) is 59.3 Å². The zero-order chi connectivity index (χ0) is 25.8. The van der Waals surface area contributed by atoms with E-state index in [4.69, 9.17) is 21.1 Å². The Balaban J connectivity index is 1.52. The number of non-ortho nitro benzene ring substituents is 1. The van der Waals surface area contributed by atoms with E-state index in [0.29, 0.717) is 10.6 Å². The van der Waals surface area contributed by atoms with Crippen molar-refractivity contribution in [1.82, 2.24) is 4.90 Å². The number of thioether (sulfide) groups is 1. The highest BCUT2D eigenvalue weighted by Gasteiger charge is 2.35. The van der Waals surface area contributed by atoms with E-state index in [0.717, 1.165) is 28.3 Å². The summed E-state index contributed by atoms with van der Waals surface area (Å²) in [5, 5.41) is 11.1. The number of halogens is 1. The fourth-order valence-corrected chi connectivity index (χ4v) is 4.42. The summed E-state index contributed by atoms with van der Waals surface area (Å²) >= 11 is 6.80. The summed E-state index contributed by atoms with van der Waals surface area (Å²) in [4.78, 5) is 49.5. The first kappa shape index (κ1) is 25.0. The number of benzene rings is 3. The molecular weight excluding hydrogens is 508 g/mol. The topological polar surface area (TPSA) is 116 Å². The van der Waals surface area contributed by atoms with Gasteiger partial charge in [-0.15, -0.1) is 0 Å². The quantitative estimate of drug-likeness (QED) is 0.127. The van der Waals surface area contributed by atoms with Crippen molar-refractivity contribution in [2.75, 3.05) is 7.11 Å². The molecule has 1 saturated heterocycles. The summed E-state index contributed by atoms with van der Waals surface area (Å²) in [7, 11) is 1.38. The summed E-state index contributed by atoms with van der Waals surface area (Å²) in [6.07, 6.45) is 1.54. The van der Waals surface area contributed by atoms with Gasteiger partial charge in [-0.3, -0.25) is 24.6 Å². The Morgan fingerprint density at radius 1 is 1.08 bits per heavy atom. The molecule has 1 heterocycles. The SMILES string of the molecule is COc1cc(/C=C2\SC(=O)N(Cc3cccc(Cl)c3)C2=O)ccc1OC(=O)c1cccc([N+](=O)[O-])c1. The van der Waals surface area contributed by atoms with Crippen molar-refractivity contribution in [2.45, 2.75) is 6.54 Å². The molecule has 9 nitrogen and oxygen atoms in total. The Hall–Kier alpha value is -4.15. The number of carbonyl (C=O) groups excluding carboxylic acids is 3. The van der Waals surface area contributed by atoms with Crippen LogP contribution >= 0.6 is 23.4 Å². The van der Waals surface area contributed by atoms with Crippen molar-refractivity contribution < 1.29 is 28.8 Å². The monoisotopic (exact) mass is 524 g/mol. The lowest BCUT2D eigenvalue weighted by atomic mass is 10.1. The molecule has 0 atom stereocenters. The Bertz CT molecular complexity index is 1420. The van der Waals surface area contributed by atoms with E-state index in [1.54, 1.807) is 36.4 Å². The first-order chi connectivity index (χ1) is 17.2. The zero-order valence-electron chi connectivity index (χ0n) is 18.7. The van der Waals surface area contributed by atoms with Crippen molar-refractivity contribution in [3.8, 4) is 11.5 Å². The van der Waals surface area contributed by atoms with Gasteiger partial charge in [0.25, 0.3) is 16.8 Å². The molecule has 2 amide bonds. The molecule has 11 heteroatoms. The largest absolute Gasteiger partial charge is 0.493 e. The maximum atomic E-state index is 12.8. The van der Waals surface area contributed by atoms with Crippen LogP contribution in [0.5, 0.6) is 11.5 Å². The van der Waals surface area contributed by atoms with Crippen molar-refractivity contribution in [1.29, 1.82) is 0 Å². The predicted molar refractivity (Wildman–Crippen MR) is 134 cm³/mol. The second-order valence-electron chi connectivity index (χ2n) is 7.51. The minimum atomic E-state index is -0.799. The normalized spacial score (nSPS) is 14.3. The zero-order valence-corrected chi connectivity index (χ0v) is 20.2. The van der Waals surface area contributed by atoms with Crippen LogP contribution < -0.4 is 9.47 Å². The van der Waals surface area contributed by atoms with Gasteiger partial charge >= 0.3 is 5.97 Å².